The smallest absolute Gasteiger partial charge is 0.339 e. The minimum atomic E-state index is -1.01. The van der Waals surface area contributed by atoms with Gasteiger partial charge < -0.3 is 9.52 Å². The molecule has 0 spiro atoms. The molecule has 0 saturated carbocycles. The lowest BCUT2D eigenvalue weighted by molar-refractivity contribution is 0.0697. The molecule has 106 valence electrons. The molecule has 0 bridgehead atoms. The quantitative estimate of drug-likeness (QED) is 0.799. The topological polar surface area (TPSA) is 68.3 Å². The second-order valence-electron chi connectivity index (χ2n) is 4.94. The number of carboxylic acids is 1. The minimum absolute atomic E-state index is 0.150. The molecule has 0 unspecified atom stereocenters. The van der Waals surface area contributed by atoms with E-state index in [1.54, 1.807) is 10.7 Å². The Balaban J connectivity index is 2.19. The van der Waals surface area contributed by atoms with Crippen molar-refractivity contribution in [3.05, 3.63) is 59.7 Å². The number of benzene rings is 1. The molecule has 0 fully saturated rings. The zero-order valence-corrected chi connectivity index (χ0v) is 11.7. The van der Waals surface area contributed by atoms with Gasteiger partial charge >= 0.3 is 5.97 Å². The van der Waals surface area contributed by atoms with Gasteiger partial charge in [0.15, 0.2) is 0 Å². The molecule has 0 radical (unpaired) electrons. The summed E-state index contributed by atoms with van der Waals surface area (Å²) in [7, 11) is 0. The van der Waals surface area contributed by atoms with Crippen LogP contribution in [-0.2, 0) is 0 Å². The predicted molar refractivity (Wildman–Crippen MR) is 77.7 cm³/mol. The molecule has 0 aliphatic carbocycles. The van der Waals surface area contributed by atoms with Crippen LogP contribution in [0.4, 0.5) is 0 Å². The highest BCUT2D eigenvalue weighted by molar-refractivity contribution is 5.94. The Morgan fingerprint density at radius 3 is 2.76 bits per heavy atom. The van der Waals surface area contributed by atoms with E-state index in [1.165, 1.54) is 18.7 Å². The largest absolute Gasteiger partial charge is 0.478 e. The molecule has 21 heavy (non-hydrogen) atoms. The number of aromatic nitrogens is 2. The van der Waals surface area contributed by atoms with E-state index in [-0.39, 0.29) is 5.56 Å². The number of hydrogen-bond donors (Lipinski definition) is 1. The van der Waals surface area contributed by atoms with E-state index >= 15 is 0 Å². The first-order chi connectivity index (χ1) is 10.1. The molecule has 3 rings (SSSR count). The molecule has 5 heteroatoms. The SMILES string of the molecule is Cc1ccc(C)c(-n2cc(C(=O)O)c(-c3ccoc3)n2)c1. The van der Waals surface area contributed by atoms with Crippen LogP contribution < -0.4 is 0 Å². The maximum atomic E-state index is 11.4. The van der Waals surface area contributed by atoms with Crippen molar-refractivity contribution in [3.63, 3.8) is 0 Å². The number of aromatic carboxylic acids is 1. The number of carboxylic acid groups (broad SMARTS) is 1. The summed E-state index contributed by atoms with van der Waals surface area (Å²) in [5.41, 5.74) is 4.18. The molecule has 2 aromatic heterocycles. The Hall–Kier alpha value is -2.82. The van der Waals surface area contributed by atoms with Crippen molar-refractivity contribution in [3.8, 4) is 16.9 Å². The van der Waals surface area contributed by atoms with Crippen LogP contribution >= 0.6 is 0 Å². The van der Waals surface area contributed by atoms with E-state index < -0.39 is 5.97 Å². The highest BCUT2D eigenvalue weighted by Crippen LogP contribution is 2.25. The summed E-state index contributed by atoms with van der Waals surface area (Å²) in [6, 6.07) is 7.68. The summed E-state index contributed by atoms with van der Waals surface area (Å²) < 4.78 is 6.62. The number of hydrogen-bond acceptors (Lipinski definition) is 3. The highest BCUT2D eigenvalue weighted by Gasteiger charge is 2.19. The van der Waals surface area contributed by atoms with Gasteiger partial charge in [-0.2, -0.15) is 5.10 Å². The molecule has 0 aliphatic rings. The van der Waals surface area contributed by atoms with Crippen molar-refractivity contribution in [2.24, 2.45) is 0 Å². The fraction of sp³-hybridized carbons (Fsp3) is 0.125. The van der Waals surface area contributed by atoms with E-state index in [9.17, 15) is 9.90 Å². The van der Waals surface area contributed by atoms with Crippen molar-refractivity contribution in [2.75, 3.05) is 0 Å². The van der Waals surface area contributed by atoms with Crippen LogP contribution in [0.1, 0.15) is 21.5 Å². The predicted octanol–water partition coefficient (Wildman–Crippen LogP) is 3.45. The maximum absolute atomic E-state index is 11.4. The van der Waals surface area contributed by atoms with Gasteiger partial charge in [0.05, 0.1) is 18.2 Å². The normalized spacial score (nSPS) is 10.8. The van der Waals surface area contributed by atoms with Crippen molar-refractivity contribution in [1.82, 2.24) is 9.78 Å². The van der Waals surface area contributed by atoms with Crippen molar-refractivity contribution < 1.29 is 14.3 Å². The zero-order chi connectivity index (χ0) is 15.0. The third-order valence-electron chi connectivity index (χ3n) is 3.35. The Kier molecular flexibility index (Phi) is 3.10. The van der Waals surface area contributed by atoms with Crippen LogP contribution in [0.2, 0.25) is 0 Å². The summed E-state index contributed by atoms with van der Waals surface area (Å²) in [5.74, 6) is -1.01. The third-order valence-corrected chi connectivity index (χ3v) is 3.35. The molecule has 0 saturated heterocycles. The molecule has 0 aliphatic heterocycles. The van der Waals surface area contributed by atoms with Gasteiger partial charge in [0.25, 0.3) is 0 Å². The lowest BCUT2D eigenvalue weighted by Crippen LogP contribution is -1.98. The first-order valence-electron chi connectivity index (χ1n) is 6.49. The van der Waals surface area contributed by atoms with Crippen LogP contribution in [0.25, 0.3) is 16.9 Å². The summed E-state index contributed by atoms with van der Waals surface area (Å²) in [6.45, 7) is 3.95. The van der Waals surface area contributed by atoms with Gasteiger partial charge in [-0.15, -0.1) is 0 Å². The highest BCUT2D eigenvalue weighted by atomic mass is 16.4. The lowest BCUT2D eigenvalue weighted by atomic mass is 10.1. The number of carbonyl (C=O) groups is 1. The van der Waals surface area contributed by atoms with Gasteiger partial charge in [-0.3, -0.25) is 0 Å². The van der Waals surface area contributed by atoms with Crippen LogP contribution in [-0.4, -0.2) is 20.9 Å². The molecule has 0 amide bonds. The van der Waals surface area contributed by atoms with Crippen molar-refractivity contribution in [1.29, 1.82) is 0 Å². The van der Waals surface area contributed by atoms with Gasteiger partial charge in [0.1, 0.15) is 11.3 Å². The molecule has 1 N–H and O–H groups in total. The average molecular weight is 282 g/mol. The summed E-state index contributed by atoms with van der Waals surface area (Å²) >= 11 is 0. The molecule has 0 atom stereocenters. The standard InChI is InChI=1S/C16H14N2O3/c1-10-3-4-11(2)14(7-10)18-8-13(16(19)20)15(17-18)12-5-6-21-9-12/h3-9H,1-2H3,(H,19,20). The second kappa shape index (κ2) is 4.94. The van der Waals surface area contributed by atoms with E-state index in [0.29, 0.717) is 11.3 Å². The van der Waals surface area contributed by atoms with Gasteiger partial charge in [0.2, 0.25) is 0 Å². The Bertz CT molecular complexity index is 801. The second-order valence-corrected chi connectivity index (χ2v) is 4.94. The van der Waals surface area contributed by atoms with Crippen molar-refractivity contribution in [2.45, 2.75) is 13.8 Å². The fourth-order valence-electron chi connectivity index (χ4n) is 2.23. The molecule has 1 aromatic carbocycles. The zero-order valence-electron chi connectivity index (χ0n) is 11.7. The number of aryl methyl sites for hydroxylation is 2. The van der Waals surface area contributed by atoms with E-state index in [0.717, 1.165) is 16.8 Å². The number of nitrogens with zero attached hydrogens (tertiary/aromatic N) is 2. The van der Waals surface area contributed by atoms with Gasteiger partial charge in [-0.05, 0) is 37.1 Å². The van der Waals surface area contributed by atoms with Crippen LogP contribution in [0.3, 0.4) is 0 Å². The van der Waals surface area contributed by atoms with Crippen LogP contribution in [0, 0.1) is 13.8 Å². The Labute approximate surface area is 121 Å². The maximum Gasteiger partial charge on any atom is 0.339 e. The molecule has 2 heterocycles. The average Bonchev–Trinajstić information content (AvgIpc) is 3.09. The minimum Gasteiger partial charge on any atom is -0.478 e. The number of rotatable bonds is 3. The molecular formula is C16H14N2O3. The summed E-state index contributed by atoms with van der Waals surface area (Å²) in [6.07, 6.45) is 4.52. The van der Waals surface area contributed by atoms with Gasteiger partial charge in [-0.1, -0.05) is 12.1 Å². The van der Waals surface area contributed by atoms with Gasteiger partial charge in [-0.25, -0.2) is 9.48 Å². The Morgan fingerprint density at radius 2 is 2.10 bits per heavy atom. The Morgan fingerprint density at radius 1 is 1.29 bits per heavy atom. The van der Waals surface area contributed by atoms with E-state index in [1.807, 2.05) is 32.0 Å². The molecular weight excluding hydrogens is 268 g/mol. The first-order valence-corrected chi connectivity index (χ1v) is 6.49. The van der Waals surface area contributed by atoms with Crippen LogP contribution in [0.15, 0.2) is 47.4 Å². The molecule has 5 nitrogen and oxygen atoms in total. The van der Waals surface area contributed by atoms with Crippen molar-refractivity contribution >= 4 is 5.97 Å². The van der Waals surface area contributed by atoms with E-state index in [4.69, 9.17) is 4.42 Å². The summed E-state index contributed by atoms with van der Waals surface area (Å²) in [5, 5.41) is 13.8. The van der Waals surface area contributed by atoms with E-state index in [2.05, 4.69) is 5.10 Å². The monoisotopic (exact) mass is 282 g/mol. The summed E-state index contributed by atoms with van der Waals surface area (Å²) in [4.78, 5) is 11.4. The number of furan rings is 1. The lowest BCUT2D eigenvalue weighted by Gasteiger charge is -2.06. The first kappa shape index (κ1) is 13.2. The van der Waals surface area contributed by atoms with Crippen LogP contribution in [0.5, 0.6) is 0 Å². The fourth-order valence-corrected chi connectivity index (χ4v) is 2.23. The molecule has 3 aromatic rings. The van der Waals surface area contributed by atoms with Gasteiger partial charge in [0, 0.05) is 11.8 Å². The third kappa shape index (κ3) is 2.33.